The minimum Gasteiger partial charge on any atom is -0.485 e. The molecule has 0 amide bonds. The summed E-state index contributed by atoms with van der Waals surface area (Å²) >= 11 is 5.70. The second-order valence-electron chi connectivity index (χ2n) is 3.08. The SMILES string of the molecule is O=C(O)c1cc(Cl)ccc1OCc1ncon1. The number of halogens is 1. The van der Waals surface area contributed by atoms with Gasteiger partial charge < -0.3 is 14.4 Å². The van der Waals surface area contributed by atoms with Gasteiger partial charge in [0.25, 0.3) is 0 Å². The molecule has 0 fully saturated rings. The highest BCUT2D eigenvalue weighted by atomic mass is 35.5. The molecule has 6 nitrogen and oxygen atoms in total. The summed E-state index contributed by atoms with van der Waals surface area (Å²) < 4.78 is 9.79. The Morgan fingerprint density at radius 3 is 3.00 bits per heavy atom. The highest BCUT2D eigenvalue weighted by molar-refractivity contribution is 6.31. The molecule has 0 spiro atoms. The number of hydrogen-bond acceptors (Lipinski definition) is 5. The van der Waals surface area contributed by atoms with Gasteiger partial charge >= 0.3 is 5.97 Å². The first-order chi connectivity index (χ1) is 8.16. The Kier molecular flexibility index (Phi) is 3.24. The normalized spacial score (nSPS) is 10.2. The summed E-state index contributed by atoms with van der Waals surface area (Å²) in [6.45, 7) is 0.0262. The Morgan fingerprint density at radius 2 is 2.35 bits per heavy atom. The maximum atomic E-state index is 10.9. The number of nitrogens with zero attached hydrogens (tertiary/aromatic N) is 2. The molecule has 0 unspecified atom stereocenters. The molecule has 0 aliphatic rings. The number of hydrogen-bond donors (Lipinski definition) is 1. The fourth-order valence-electron chi connectivity index (χ4n) is 1.19. The van der Waals surface area contributed by atoms with Crippen LogP contribution in [0.2, 0.25) is 5.02 Å². The van der Waals surface area contributed by atoms with Gasteiger partial charge in [-0.3, -0.25) is 0 Å². The van der Waals surface area contributed by atoms with Gasteiger partial charge in [-0.15, -0.1) is 0 Å². The van der Waals surface area contributed by atoms with E-state index in [-0.39, 0.29) is 17.9 Å². The smallest absolute Gasteiger partial charge is 0.339 e. The number of carboxylic acid groups (broad SMARTS) is 1. The minimum absolute atomic E-state index is 0.0130. The van der Waals surface area contributed by atoms with E-state index >= 15 is 0 Å². The van der Waals surface area contributed by atoms with E-state index in [1.54, 1.807) is 6.07 Å². The van der Waals surface area contributed by atoms with Gasteiger partial charge in [-0.05, 0) is 18.2 Å². The zero-order valence-corrected chi connectivity index (χ0v) is 9.22. The van der Waals surface area contributed by atoms with Gasteiger partial charge in [0.1, 0.15) is 11.3 Å². The first-order valence-electron chi connectivity index (χ1n) is 4.57. The van der Waals surface area contributed by atoms with Crippen molar-refractivity contribution in [3.63, 3.8) is 0 Å². The third kappa shape index (κ3) is 2.73. The second kappa shape index (κ2) is 4.84. The van der Waals surface area contributed by atoms with E-state index in [1.807, 2.05) is 0 Å². The minimum atomic E-state index is -1.12. The van der Waals surface area contributed by atoms with E-state index in [4.69, 9.17) is 21.4 Å². The molecule has 17 heavy (non-hydrogen) atoms. The van der Waals surface area contributed by atoms with Crippen molar-refractivity contribution in [1.82, 2.24) is 10.1 Å². The Labute approximate surface area is 101 Å². The largest absolute Gasteiger partial charge is 0.485 e. The molecule has 0 aliphatic carbocycles. The molecule has 0 saturated carbocycles. The van der Waals surface area contributed by atoms with Gasteiger partial charge in [0.15, 0.2) is 6.61 Å². The lowest BCUT2D eigenvalue weighted by molar-refractivity contribution is 0.0691. The quantitative estimate of drug-likeness (QED) is 0.898. The molecule has 1 aromatic carbocycles. The number of carboxylic acids is 1. The van der Waals surface area contributed by atoms with Crippen LogP contribution in [0.25, 0.3) is 0 Å². The van der Waals surface area contributed by atoms with Crippen LogP contribution in [0.3, 0.4) is 0 Å². The summed E-state index contributed by atoms with van der Waals surface area (Å²) in [4.78, 5) is 14.7. The van der Waals surface area contributed by atoms with Crippen molar-refractivity contribution in [3.8, 4) is 5.75 Å². The lowest BCUT2D eigenvalue weighted by Gasteiger charge is -2.07. The van der Waals surface area contributed by atoms with Crippen molar-refractivity contribution in [2.24, 2.45) is 0 Å². The lowest BCUT2D eigenvalue weighted by atomic mass is 10.2. The van der Waals surface area contributed by atoms with Crippen LogP contribution < -0.4 is 4.74 Å². The zero-order chi connectivity index (χ0) is 12.3. The number of aromatic carboxylic acids is 1. The topological polar surface area (TPSA) is 85.5 Å². The average molecular weight is 255 g/mol. The van der Waals surface area contributed by atoms with Crippen LogP contribution in [0, 0.1) is 0 Å². The number of aromatic nitrogens is 2. The fraction of sp³-hybridized carbons (Fsp3) is 0.100. The Morgan fingerprint density at radius 1 is 1.53 bits per heavy atom. The van der Waals surface area contributed by atoms with Crippen molar-refractivity contribution in [1.29, 1.82) is 0 Å². The van der Waals surface area contributed by atoms with E-state index in [9.17, 15) is 4.79 Å². The van der Waals surface area contributed by atoms with Crippen molar-refractivity contribution in [2.45, 2.75) is 6.61 Å². The van der Waals surface area contributed by atoms with Gasteiger partial charge in [0.2, 0.25) is 12.2 Å². The van der Waals surface area contributed by atoms with Crippen LogP contribution in [-0.4, -0.2) is 21.2 Å². The summed E-state index contributed by atoms with van der Waals surface area (Å²) in [5.74, 6) is -0.585. The van der Waals surface area contributed by atoms with Crippen molar-refractivity contribution in [2.75, 3.05) is 0 Å². The van der Waals surface area contributed by atoms with Crippen LogP contribution >= 0.6 is 11.6 Å². The Bertz CT molecular complexity index is 527. The summed E-state index contributed by atoms with van der Waals surface area (Å²) in [5, 5.41) is 12.8. The molecule has 7 heteroatoms. The van der Waals surface area contributed by atoms with Crippen LogP contribution in [0.5, 0.6) is 5.75 Å². The van der Waals surface area contributed by atoms with E-state index in [0.717, 1.165) is 0 Å². The van der Waals surface area contributed by atoms with Crippen LogP contribution in [0.4, 0.5) is 0 Å². The van der Waals surface area contributed by atoms with Crippen LogP contribution in [0.1, 0.15) is 16.2 Å². The van der Waals surface area contributed by atoms with Gasteiger partial charge in [-0.1, -0.05) is 16.8 Å². The number of carbonyl (C=O) groups is 1. The monoisotopic (exact) mass is 254 g/mol. The van der Waals surface area contributed by atoms with E-state index in [1.165, 1.54) is 18.5 Å². The van der Waals surface area contributed by atoms with Crippen molar-refractivity contribution >= 4 is 17.6 Å². The van der Waals surface area contributed by atoms with E-state index in [2.05, 4.69) is 14.7 Å². The number of ether oxygens (including phenoxy) is 1. The Hall–Kier alpha value is -2.08. The summed E-state index contributed by atoms with van der Waals surface area (Å²) in [6.07, 6.45) is 1.17. The standard InChI is InChI=1S/C10H7ClN2O4/c11-6-1-2-8(7(3-6)10(14)15)16-4-9-12-5-17-13-9/h1-3,5H,4H2,(H,14,15). The van der Waals surface area contributed by atoms with Crippen molar-refractivity contribution < 1.29 is 19.2 Å². The average Bonchev–Trinajstić information content (AvgIpc) is 2.80. The van der Waals surface area contributed by atoms with Crippen molar-refractivity contribution in [3.05, 3.63) is 41.0 Å². The predicted octanol–water partition coefficient (Wildman–Crippen LogP) is 2.00. The highest BCUT2D eigenvalue weighted by Crippen LogP contribution is 2.23. The maximum absolute atomic E-state index is 10.9. The number of rotatable bonds is 4. The van der Waals surface area contributed by atoms with Gasteiger partial charge in [-0.25, -0.2) is 4.79 Å². The molecule has 0 atom stereocenters. The molecule has 88 valence electrons. The molecule has 1 aromatic heterocycles. The molecule has 0 bridgehead atoms. The molecular formula is C10H7ClN2O4. The van der Waals surface area contributed by atoms with Gasteiger partial charge in [-0.2, -0.15) is 4.98 Å². The van der Waals surface area contributed by atoms with Crippen LogP contribution in [0.15, 0.2) is 29.1 Å². The maximum Gasteiger partial charge on any atom is 0.339 e. The van der Waals surface area contributed by atoms with E-state index < -0.39 is 5.97 Å². The highest BCUT2D eigenvalue weighted by Gasteiger charge is 2.12. The molecule has 2 aromatic rings. The second-order valence-corrected chi connectivity index (χ2v) is 3.52. The molecule has 1 heterocycles. The lowest BCUT2D eigenvalue weighted by Crippen LogP contribution is -2.04. The molecule has 1 N–H and O–H groups in total. The molecular weight excluding hydrogens is 248 g/mol. The van der Waals surface area contributed by atoms with Gasteiger partial charge in [0.05, 0.1) is 0 Å². The molecule has 2 rings (SSSR count). The third-order valence-electron chi connectivity index (χ3n) is 1.94. The fourth-order valence-corrected chi connectivity index (χ4v) is 1.37. The predicted molar refractivity (Wildman–Crippen MR) is 57.0 cm³/mol. The first kappa shape index (κ1) is 11.4. The third-order valence-corrected chi connectivity index (χ3v) is 2.17. The summed E-state index contributed by atoms with van der Waals surface area (Å²) in [5.41, 5.74) is -0.0130. The summed E-state index contributed by atoms with van der Waals surface area (Å²) in [7, 11) is 0. The molecule has 0 radical (unpaired) electrons. The first-order valence-corrected chi connectivity index (χ1v) is 4.95. The summed E-state index contributed by atoms with van der Waals surface area (Å²) in [6, 6.07) is 4.33. The molecule has 0 saturated heterocycles. The van der Waals surface area contributed by atoms with Crippen LogP contribution in [-0.2, 0) is 6.61 Å². The zero-order valence-electron chi connectivity index (χ0n) is 8.46. The van der Waals surface area contributed by atoms with Gasteiger partial charge in [0, 0.05) is 5.02 Å². The molecule has 0 aliphatic heterocycles. The van der Waals surface area contributed by atoms with E-state index in [0.29, 0.717) is 10.8 Å². The number of benzene rings is 1. The Balaban J connectivity index is 2.17.